The molecule has 2 rings (SSSR count). The summed E-state index contributed by atoms with van der Waals surface area (Å²) in [5, 5.41) is 8.81. The number of nitrogens with zero attached hydrogens (tertiary/aromatic N) is 1. The molecule has 0 fully saturated rings. The van der Waals surface area contributed by atoms with Crippen molar-refractivity contribution in [2.45, 2.75) is 11.9 Å². The largest absolute Gasteiger partial charge is 0.493 e. The van der Waals surface area contributed by atoms with E-state index in [0.717, 1.165) is 18.2 Å². The first-order chi connectivity index (χ1) is 11.6. The summed E-state index contributed by atoms with van der Waals surface area (Å²) >= 11 is 0. The Morgan fingerprint density at radius 3 is 2.44 bits per heavy atom. The molecular weight excluding hydrogens is 359 g/mol. The van der Waals surface area contributed by atoms with E-state index < -0.39 is 27.6 Å². The van der Waals surface area contributed by atoms with Crippen LogP contribution in [0.25, 0.3) is 0 Å². The van der Waals surface area contributed by atoms with Crippen LogP contribution in [-0.4, -0.2) is 15.5 Å². The summed E-state index contributed by atoms with van der Waals surface area (Å²) in [6.07, 6.45) is -4.57. The van der Waals surface area contributed by atoms with Gasteiger partial charge in [0.05, 0.1) is 24.3 Å². The molecule has 0 radical (unpaired) electrons. The summed E-state index contributed by atoms with van der Waals surface area (Å²) in [5.74, 6) is -0.889. The van der Waals surface area contributed by atoms with Gasteiger partial charge in [-0.2, -0.15) is 26.9 Å². The third-order valence-corrected chi connectivity index (χ3v) is 4.23. The zero-order chi connectivity index (χ0) is 18.7. The van der Waals surface area contributed by atoms with E-state index in [4.69, 9.17) is 14.2 Å². The van der Waals surface area contributed by atoms with Crippen LogP contribution in [0, 0.1) is 11.3 Å². The second-order valence-corrected chi connectivity index (χ2v) is 6.53. The third-order valence-electron chi connectivity index (χ3n) is 3.11. The lowest BCUT2D eigenvalue weighted by Crippen LogP contribution is -2.13. The van der Waals surface area contributed by atoms with E-state index in [1.165, 1.54) is 31.4 Å². The number of benzene rings is 2. The Morgan fingerprint density at radius 1 is 1.12 bits per heavy atom. The normalized spacial score (nSPS) is 11.6. The number of alkyl halides is 3. The second kappa shape index (κ2) is 7.03. The minimum atomic E-state index is -4.57. The summed E-state index contributed by atoms with van der Waals surface area (Å²) in [4.78, 5) is 0. The first kappa shape index (κ1) is 18.6. The van der Waals surface area contributed by atoms with Gasteiger partial charge in [0, 0.05) is 6.07 Å². The molecule has 132 valence electrons. The van der Waals surface area contributed by atoms with Crippen LogP contribution < -0.4 is 8.92 Å². The molecule has 0 aliphatic heterocycles. The zero-order valence-electron chi connectivity index (χ0n) is 12.9. The van der Waals surface area contributed by atoms with Crippen LogP contribution in [0.3, 0.4) is 0 Å². The molecule has 0 heterocycles. The fraction of sp³-hybridized carbons (Fsp3) is 0.188. The predicted molar refractivity (Wildman–Crippen MR) is 82.4 cm³/mol. The molecule has 0 unspecified atom stereocenters. The first-order valence-corrected chi connectivity index (χ1v) is 8.39. The molecule has 2 aromatic rings. The van der Waals surface area contributed by atoms with Crippen molar-refractivity contribution in [3.63, 3.8) is 0 Å². The van der Waals surface area contributed by atoms with Crippen LogP contribution in [0.4, 0.5) is 13.2 Å². The summed E-state index contributed by atoms with van der Waals surface area (Å²) < 4.78 is 72.2. The summed E-state index contributed by atoms with van der Waals surface area (Å²) in [6, 6.07) is 9.69. The Balaban J connectivity index is 2.25. The van der Waals surface area contributed by atoms with E-state index in [1.54, 1.807) is 0 Å². The number of methoxy groups -OCH3 is 1. The van der Waals surface area contributed by atoms with Gasteiger partial charge in [-0.25, -0.2) is 0 Å². The fourth-order valence-electron chi connectivity index (χ4n) is 2.01. The zero-order valence-corrected chi connectivity index (χ0v) is 13.7. The maximum Gasteiger partial charge on any atom is 0.416 e. The van der Waals surface area contributed by atoms with Gasteiger partial charge < -0.3 is 8.92 Å². The number of rotatable bonds is 5. The van der Waals surface area contributed by atoms with Gasteiger partial charge in [-0.1, -0.05) is 18.2 Å². The molecule has 0 spiro atoms. The van der Waals surface area contributed by atoms with Gasteiger partial charge in [0.2, 0.25) is 0 Å². The Hall–Kier alpha value is -2.73. The average molecular weight is 371 g/mol. The van der Waals surface area contributed by atoms with Gasteiger partial charge >= 0.3 is 16.3 Å². The lowest BCUT2D eigenvalue weighted by Gasteiger charge is -2.12. The van der Waals surface area contributed by atoms with Crippen molar-refractivity contribution >= 4 is 10.1 Å². The van der Waals surface area contributed by atoms with E-state index >= 15 is 0 Å². The minimum absolute atomic E-state index is 0.0201. The van der Waals surface area contributed by atoms with Crippen LogP contribution in [-0.2, 0) is 22.0 Å². The van der Waals surface area contributed by atoms with Crippen LogP contribution in [0.1, 0.15) is 16.7 Å². The average Bonchev–Trinajstić information content (AvgIpc) is 2.54. The molecule has 0 aliphatic carbocycles. The monoisotopic (exact) mass is 371 g/mol. The number of halogens is 3. The highest BCUT2D eigenvalue weighted by Gasteiger charge is 2.30. The van der Waals surface area contributed by atoms with Crippen molar-refractivity contribution in [1.29, 1.82) is 5.26 Å². The molecule has 0 saturated carbocycles. The molecule has 0 N–H and O–H groups in total. The summed E-state index contributed by atoms with van der Waals surface area (Å²) in [5.41, 5.74) is -0.780. The van der Waals surface area contributed by atoms with E-state index in [2.05, 4.69) is 0 Å². The third kappa shape index (κ3) is 4.87. The van der Waals surface area contributed by atoms with Gasteiger partial charge in [-0.3, -0.25) is 0 Å². The quantitative estimate of drug-likeness (QED) is 0.752. The van der Waals surface area contributed by atoms with E-state index in [1.807, 2.05) is 6.07 Å². The van der Waals surface area contributed by atoms with Crippen LogP contribution in [0.15, 0.2) is 42.5 Å². The van der Waals surface area contributed by atoms with Crippen LogP contribution in [0.5, 0.6) is 11.5 Å². The number of ether oxygens (including phenoxy) is 1. The minimum Gasteiger partial charge on any atom is -0.493 e. The number of nitriles is 1. The SMILES string of the molecule is COc1cc(C#N)ccc1OS(=O)(=O)Cc1cccc(C(F)(F)F)c1. The molecule has 9 heteroatoms. The predicted octanol–water partition coefficient (Wildman–Crippen LogP) is 3.49. The van der Waals surface area contributed by atoms with Gasteiger partial charge in [0.25, 0.3) is 0 Å². The molecular formula is C16H12F3NO4S. The molecule has 0 saturated heterocycles. The molecule has 5 nitrogen and oxygen atoms in total. The van der Waals surface area contributed by atoms with Gasteiger partial charge in [0.1, 0.15) is 5.75 Å². The standard InChI is InChI=1S/C16H12F3NO4S/c1-23-15-8-11(9-20)5-6-14(15)24-25(21,22)10-12-3-2-4-13(7-12)16(17,18)19/h2-8H,10H2,1H3. The fourth-order valence-corrected chi connectivity index (χ4v) is 3.07. The number of hydrogen-bond acceptors (Lipinski definition) is 5. The second-order valence-electron chi connectivity index (χ2n) is 4.96. The highest BCUT2D eigenvalue weighted by atomic mass is 32.2. The Kier molecular flexibility index (Phi) is 5.23. The molecule has 0 bridgehead atoms. The topological polar surface area (TPSA) is 76.4 Å². The first-order valence-electron chi connectivity index (χ1n) is 6.81. The van der Waals surface area contributed by atoms with E-state index in [0.29, 0.717) is 0 Å². The lowest BCUT2D eigenvalue weighted by molar-refractivity contribution is -0.137. The summed E-state index contributed by atoms with van der Waals surface area (Å²) in [7, 11) is -2.97. The number of hydrogen-bond donors (Lipinski definition) is 0. The highest BCUT2D eigenvalue weighted by molar-refractivity contribution is 7.86. The molecule has 2 aromatic carbocycles. The smallest absolute Gasteiger partial charge is 0.416 e. The molecule has 0 aliphatic rings. The van der Waals surface area contributed by atoms with Crippen molar-refractivity contribution in [1.82, 2.24) is 0 Å². The van der Waals surface area contributed by atoms with Gasteiger partial charge in [-0.15, -0.1) is 0 Å². The lowest BCUT2D eigenvalue weighted by atomic mass is 10.1. The Bertz CT molecular complexity index is 918. The Labute approximate surface area is 142 Å². The van der Waals surface area contributed by atoms with Crippen molar-refractivity contribution < 1.29 is 30.5 Å². The van der Waals surface area contributed by atoms with Gasteiger partial charge in [-0.05, 0) is 23.8 Å². The summed E-state index contributed by atoms with van der Waals surface area (Å²) in [6.45, 7) is 0. The molecule has 25 heavy (non-hydrogen) atoms. The van der Waals surface area contributed by atoms with E-state index in [9.17, 15) is 21.6 Å². The van der Waals surface area contributed by atoms with Crippen molar-refractivity contribution in [2.24, 2.45) is 0 Å². The maximum atomic E-state index is 12.7. The molecule has 0 amide bonds. The van der Waals surface area contributed by atoms with Crippen LogP contribution >= 0.6 is 0 Å². The maximum absolute atomic E-state index is 12.7. The Morgan fingerprint density at radius 2 is 1.84 bits per heavy atom. The van der Waals surface area contributed by atoms with Crippen molar-refractivity contribution in [3.05, 3.63) is 59.2 Å². The van der Waals surface area contributed by atoms with E-state index in [-0.39, 0.29) is 22.6 Å². The van der Waals surface area contributed by atoms with Crippen LogP contribution in [0.2, 0.25) is 0 Å². The van der Waals surface area contributed by atoms with Crippen molar-refractivity contribution in [2.75, 3.05) is 7.11 Å². The van der Waals surface area contributed by atoms with Gasteiger partial charge in [0.15, 0.2) is 11.5 Å². The molecule has 0 atom stereocenters. The van der Waals surface area contributed by atoms with Crippen molar-refractivity contribution in [3.8, 4) is 17.6 Å². The highest BCUT2D eigenvalue weighted by Crippen LogP contribution is 2.31. The molecule has 0 aromatic heterocycles.